The van der Waals surface area contributed by atoms with E-state index in [0.29, 0.717) is 5.92 Å². The molecule has 0 radical (unpaired) electrons. The van der Waals surface area contributed by atoms with E-state index in [1.54, 1.807) is 0 Å². The molecule has 0 spiro atoms. The topological polar surface area (TPSA) is 56.0 Å². The Labute approximate surface area is 149 Å². The number of nitriles is 1. The molecule has 1 aromatic carbocycles. The standard InChI is InChI=1S/C20H25N5/c1-15(2)20-22-16(3)11-19(23-20)25-9-7-24(8-10-25)14-18-6-4-5-17(12-18)13-21/h4-6,11-12,15H,7-10,14H2,1-3H3. The Kier molecular flexibility index (Phi) is 5.30. The molecule has 1 aromatic heterocycles. The van der Waals surface area contributed by atoms with Crippen LogP contribution < -0.4 is 4.90 Å². The Balaban J connectivity index is 1.63. The predicted molar refractivity (Wildman–Crippen MR) is 99.5 cm³/mol. The molecule has 0 unspecified atom stereocenters. The summed E-state index contributed by atoms with van der Waals surface area (Å²) in [5.41, 5.74) is 2.96. The first-order valence-corrected chi connectivity index (χ1v) is 8.87. The third-order valence-electron chi connectivity index (χ3n) is 4.53. The van der Waals surface area contributed by atoms with Crippen LogP contribution >= 0.6 is 0 Å². The number of rotatable bonds is 4. The second-order valence-electron chi connectivity index (χ2n) is 6.96. The summed E-state index contributed by atoms with van der Waals surface area (Å²) in [6, 6.07) is 12.2. The van der Waals surface area contributed by atoms with Gasteiger partial charge in [-0.1, -0.05) is 26.0 Å². The van der Waals surface area contributed by atoms with Gasteiger partial charge in [-0.3, -0.25) is 4.90 Å². The maximum atomic E-state index is 9.03. The van der Waals surface area contributed by atoms with Gasteiger partial charge in [-0.15, -0.1) is 0 Å². The highest BCUT2D eigenvalue weighted by Gasteiger charge is 2.19. The van der Waals surface area contributed by atoms with Gasteiger partial charge in [-0.2, -0.15) is 5.26 Å². The molecule has 1 aliphatic heterocycles. The number of hydrogen-bond donors (Lipinski definition) is 0. The van der Waals surface area contributed by atoms with Gasteiger partial charge in [0.05, 0.1) is 11.6 Å². The van der Waals surface area contributed by atoms with E-state index in [4.69, 9.17) is 10.2 Å². The first-order chi connectivity index (χ1) is 12.0. The molecule has 25 heavy (non-hydrogen) atoms. The van der Waals surface area contributed by atoms with Gasteiger partial charge in [0.1, 0.15) is 11.6 Å². The van der Waals surface area contributed by atoms with Crippen molar-refractivity contribution in [3.63, 3.8) is 0 Å². The highest BCUT2D eigenvalue weighted by molar-refractivity contribution is 5.40. The van der Waals surface area contributed by atoms with E-state index in [9.17, 15) is 0 Å². The molecule has 5 heteroatoms. The van der Waals surface area contributed by atoms with Crippen molar-refractivity contribution in [1.82, 2.24) is 14.9 Å². The molecule has 130 valence electrons. The monoisotopic (exact) mass is 335 g/mol. The quantitative estimate of drug-likeness (QED) is 0.859. The van der Waals surface area contributed by atoms with Gasteiger partial charge >= 0.3 is 0 Å². The van der Waals surface area contributed by atoms with Crippen molar-refractivity contribution in [3.8, 4) is 6.07 Å². The minimum absolute atomic E-state index is 0.340. The summed E-state index contributed by atoms with van der Waals surface area (Å²) in [7, 11) is 0. The Hall–Kier alpha value is -2.45. The molecular formula is C20H25N5. The number of aromatic nitrogens is 2. The third kappa shape index (κ3) is 4.34. The second kappa shape index (κ2) is 7.62. The predicted octanol–water partition coefficient (Wildman–Crippen LogP) is 3.10. The summed E-state index contributed by atoms with van der Waals surface area (Å²) < 4.78 is 0. The Morgan fingerprint density at radius 1 is 1.12 bits per heavy atom. The minimum Gasteiger partial charge on any atom is -0.354 e. The van der Waals surface area contributed by atoms with Gasteiger partial charge in [0.25, 0.3) is 0 Å². The van der Waals surface area contributed by atoms with Crippen LogP contribution in [0, 0.1) is 18.3 Å². The van der Waals surface area contributed by atoms with Crippen molar-refractivity contribution < 1.29 is 0 Å². The third-order valence-corrected chi connectivity index (χ3v) is 4.53. The van der Waals surface area contributed by atoms with Gasteiger partial charge in [0.2, 0.25) is 0 Å². The average molecular weight is 335 g/mol. The van der Waals surface area contributed by atoms with Crippen molar-refractivity contribution in [2.75, 3.05) is 31.1 Å². The number of piperazine rings is 1. The second-order valence-corrected chi connectivity index (χ2v) is 6.96. The summed E-state index contributed by atoms with van der Waals surface area (Å²) in [5.74, 6) is 2.31. The summed E-state index contributed by atoms with van der Waals surface area (Å²) in [6.07, 6.45) is 0. The zero-order valence-electron chi connectivity index (χ0n) is 15.2. The Morgan fingerprint density at radius 3 is 2.56 bits per heavy atom. The average Bonchev–Trinajstić information content (AvgIpc) is 2.62. The lowest BCUT2D eigenvalue weighted by atomic mass is 10.1. The molecule has 2 heterocycles. The summed E-state index contributed by atoms with van der Waals surface area (Å²) >= 11 is 0. The van der Waals surface area contributed by atoms with Crippen molar-refractivity contribution in [2.45, 2.75) is 33.2 Å². The molecule has 1 saturated heterocycles. The van der Waals surface area contributed by atoms with Gasteiger partial charge in [0.15, 0.2) is 0 Å². The lowest BCUT2D eigenvalue weighted by Crippen LogP contribution is -2.46. The van der Waals surface area contributed by atoms with Crippen LogP contribution in [0.15, 0.2) is 30.3 Å². The van der Waals surface area contributed by atoms with Gasteiger partial charge < -0.3 is 4.90 Å². The number of anilines is 1. The van der Waals surface area contributed by atoms with Crippen molar-refractivity contribution >= 4 is 5.82 Å². The molecule has 0 N–H and O–H groups in total. The van der Waals surface area contributed by atoms with E-state index in [1.165, 1.54) is 5.56 Å². The zero-order chi connectivity index (χ0) is 17.8. The first-order valence-electron chi connectivity index (χ1n) is 8.87. The van der Waals surface area contributed by atoms with Gasteiger partial charge in [0, 0.05) is 50.4 Å². The molecule has 3 rings (SSSR count). The molecule has 5 nitrogen and oxygen atoms in total. The molecule has 2 aromatic rings. The van der Waals surface area contributed by atoms with E-state index >= 15 is 0 Å². The molecule has 0 aliphatic carbocycles. The largest absolute Gasteiger partial charge is 0.354 e. The van der Waals surface area contributed by atoms with E-state index in [1.807, 2.05) is 25.1 Å². The molecule has 0 atom stereocenters. The van der Waals surface area contributed by atoms with Crippen LogP contribution in [0.3, 0.4) is 0 Å². The highest BCUT2D eigenvalue weighted by atomic mass is 15.3. The fraction of sp³-hybridized carbons (Fsp3) is 0.450. The molecule has 1 aliphatic rings. The van der Waals surface area contributed by atoms with Crippen molar-refractivity contribution in [3.05, 3.63) is 53.0 Å². The van der Waals surface area contributed by atoms with Crippen molar-refractivity contribution in [1.29, 1.82) is 5.26 Å². The molecule has 0 amide bonds. The van der Waals surface area contributed by atoms with Gasteiger partial charge in [-0.05, 0) is 24.6 Å². The fourth-order valence-corrected chi connectivity index (χ4v) is 3.13. The van der Waals surface area contributed by atoms with Crippen LogP contribution in [0.5, 0.6) is 0 Å². The van der Waals surface area contributed by atoms with E-state index in [-0.39, 0.29) is 0 Å². The Bertz CT molecular complexity index is 770. The Morgan fingerprint density at radius 2 is 1.88 bits per heavy atom. The van der Waals surface area contributed by atoms with Crippen LogP contribution in [0.25, 0.3) is 0 Å². The van der Waals surface area contributed by atoms with E-state index in [0.717, 1.165) is 55.6 Å². The normalized spacial score (nSPS) is 15.4. The lowest BCUT2D eigenvalue weighted by molar-refractivity contribution is 0.249. The summed E-state index contributed by atoms with van der Waals surface area (Å²) in [5, 5.41) is 9.03. The van der Waals surface area contributed by atoms with Crippen LogP contribution in [0.4, 0.5) is 5.82 Å². The zero-order valence-corrected chi connectivity index (χ0v) is 15.2. The van der Waals surface area contributed by atoms with Crippen LogP contribution in [-0.2, 0) is 6.54 Å². The van der Waals surface area contributed by atoms with E-state index < -0.39 is 0 Å². The number of aryl methyl sites for hydroxylation is 1. The molecule has 1 fully saturated rings. The minimum atomic E-state index is 0.340. The van der Waals surface area contributed by atoms with Crippen LogP contribution in [0.2, 0.25) is 0 Å². The fourth-order valence-electron chi connectivity index (χ4n) is 3.13. The van der Waals surface area contributed by atoms with E-state index in [2.05, 4.69) is 46.8 Å². The number of hydrogen-bond acceptors (Lipinski definition) is 5. The van der Waals surface area contributed by atoms with Crippen LogP contribution in [-0.4, -0.2) is 41.0 Å². The molecule has 0 bridgehead atoms. The molecule has 0 saturated carbocycles. The maximum Gasteiger partial charge on any atom is 0.133 e. The summed E-state index contributed by atoms with van der Waals surface area (Å²) in [6.45, 7) is 11.1. The van der Waals surface area contributed by atoms with Crippen molar-refractivity contribution in [2.24, 2.45) is 0 Å². The smallest absolute Gasteiger partial charge is 0.133 e. The van der Waals surface area contributed by atoms with Gasteiger partial charge in [-0.25, -0.2) is 9.97 Å². The number of benzene rings is 1. The van der Waals surface area contributed by atoms with Crippen LogP contribution in [0.1, 0.15) is 42.4 Å². The first kappa shape index (κ1) is 17.4. The maximum absolute atomic E-state index is 9.03. The molecular weight excluding hydrogens is 310 g/mol. The summed E-state index contributed by atoms with van der Waals surface area (Å²) in [4.78, 5) is 14.1. The highest BCUT2D eigenvalue weighted by Crippen LogP contribution is 2.19. The number of nitrogens with zero attached hydrogens (tertiary/aromatic N) is 5. The lowest BCUT2D eigenvalue weighted by Gasteiger charge is -2.35. The SMILES string of the molecule is Cc1cc(N2CCN(Cc3cccc(C#N)c3)CC2)nc(C(C)C)n1.